The summed E-state index contributed by atoms with van der Waals surface area (Å²) in [5, 5.41) is 3.07. The molecule has 0 radical (unpaired) electrons. The summed E-state index contributed by atoms with van der Waals surface area (Å²) in [7, 11) is 0. The van der Waals surface area contributed by atoms with Gasteiger partial charge in [0, 0.05) is 12.5 Å². The molecule has 104 valence electrons. The summed E-state index contributed by atoms with van der Waals surface area (Å²) < 4.78 is 33.0. The minimum Gasteiger partial charge on any atom is -0.487 e. The van der Waals surface area contributed by atoms with Crippen molar-refractivity contribution in [3.8, 4) is 5.75 Å². The number of hydrogen-bond acceptors (Lipinski definition) is 2. The van der Waals surface area contributed by atoms with Crippen LogP contribution in [-0.2, 0) is 0 Å². The Morgan fingerprint density at radius 2 is 1.95 bits per heavy atom. The molecule has 2 atom stereocenters. The SMILES string of the molecule is Fc1c(Cl)ccc(O[C@@H](C2CC2)[C@H]2CCNC2)c1F. The normalized spacial score (nSPS) is 24.5. The summed E-state index contributed by atoms with van der Waals surface area (Å²) in [6.07, 6.45) is 3.22. The van der Waals surface area contributed by atoms with Gasteiger partial charge in [-0.05, 0) is 43.9 Å². The van der Waals surface area contributed by atoms with Gasteiger partial charge in [0.25, 0.3) is 0 Å². The lowest BCUT2D eigenvalue weighted by Gasteiger charge is -2.24. The van der Waals surface area contributed by atoms with E-state index in [-0.39, 0.29) is 16.9 Å². The van der Waals surface area contributed by atoms with E-state index in [0.29, 0.717) is 11.8 Å². The van der Waals surface area contributed by atoms with Crippen LogP contribution in [0.2, 0.25) is 5.02 Å². The summed E-state index contributed by atoms with van der Waals surface area (Å²) in [5.41, 5.74) is 0. The fraction of sp³-hybridized carbons (Fsp3) is 0.571. The lowest BCUT2D eigenvalue weighted by molar-refractivity contribution is 0.114. The Morgan fingerprint density at radius 3 is 2.58 bits per heavy atom. The molecule has 0 bridgehead atoms. The van der Waals surface area contributed by atoms with Crippen LogP contribution in [0.25, 0.3) is 0 Å². The maximum Gasteiger partial charge on any atom is 0.202 e. The molecule has 0 aromatic heterocycles. The third-order valence-corrected chi connectivity index (χ3v) is 4.20. The summed E-state index contributed by atoms with van der Waals surface area (Å²) in [4.78, 5) is 0. The number of benzene rings is 1. The van der Waals surface area contributed by atoms with Crippen LogP contribution in [0.15, 0.2) is 12.1 Å². The van der Waals surface area contributed by atoms with Crippen molar-refractivity contribution in [3.05, 3.63) is 28.8 Å². The quantitative estimate of drug-likeness (QED) is 0.857. The van der Waals surface area contributed by atoms with E-state index in [4.69, 9.17) is 16.3 Å². The summed E-state index contributed by atoms with van der Waals surface area (Å²) in [6.45, 7) is 1.85. The monoisotopic (exact) mass is 287 g/mol. The highest BCUT2D eigenvalue weighted by Gasteiger charge is 2.40. The van der Waals surface area contributed by atoms with Gasteiger partial charge in [-0.3, -0.25) is 0 Å². The minimum atomic E-state index is -1.03. The van der Waals surface area contributed by atoms with Crippen molar-refractivity contribution in [3.63, 3.8) is 0 Å². The molecule has 0 spiro atoms. The first-order valence-corrected chi connectivity index (χ1v) is 7.05. The van der Waals surface area contributed by atoms with Crippen molar-refractivity contribution in [1.82, 2.24) is 5.32 Å². The van der Waals surface area contributed by atoms with Gasteiger partial charge in [0.1, 0.15) is 6.10 Å². The Morgan fingerprint density at radius 1 is 1.16 bits per heavy atom. The van der Waals surface area contributed by atoms with Crippen molar-refractivity contribution >= 4 is 11.6 Å². The zero-order valence-corrected chi connectivity index (χ0v) is 11.2. The van der Waals surface area contributed by atoms with E-state index in [1.807, 2.05) is 0 Å². The van der Waals surface area contributed by atoms with Gasteiger partial charge in [0.15, 0.2) is 11.6 Å². The maximum atomic E-state index is 13.8. The van der Waals surface area contributed by atoms with E-state index in [1.165, 1.54) is 12.1 Å². The highest BCUT2D eigenvalue weighted by atomic mass is 35.5. The molecule has 2 fully saturated rings. The molecular weight excluding hydrogens is 272 g/mol. The number of nitrogens with one attached hydrogen (secondary N) is 1. The van der Waals surface area contributed by atoms with E-state index in [9.17, 15) is 8.78 Å². The number of rotatable bonds is 4. The molecule has 2 aliphatic rings. The molecule has 3 rings (SSSR count). The molecule has 1 aliphatic carbocycles. The van der Waals surface area contributed by atoms with Crippen LogP contribution in [0.4, 0.5) is 8.78 Å². The van der Waals surface area contributed by atoms with E-state index in [2.05, 4.69) is 5.32 Å². The predicted octanol–water partition coefficient (Wildman–Crippen LogP) is 3.39. The second-order valence-electron chi connectivity index (χ2n) is 5.35. The molecule has 1 saturated heterocycles. The second kappa shape index (κ2) is 5.25. The molecule has 1 saturated carbocycles. The van der Waals surface area contributed by atoms with E-state index in [0.717, 1.165) is 32.4 Å². The smallest absolute Gasteiger partial charge is 0.202 e. The van der Waals surface area contributed by atoms with Crippen molar-refractivity contribution in [2.24, 2.45) is 11.8 Å². The van der Waals surface area contributed by atoms with Crippen molar-refractivity contribution in [1.29, 1.82) is 0 Å². The zero-order chi connectivity index (χ0) is 13.4. The van der Waals surface area contributed by atoms with Gasteiger partial charge in [-0.15, -0.1) is 0 Å². The van der Waals surface area contributed by atoms with Crippen LogP contribution in [0.5, 0.6) is 5.75 Å². The number of hydrogen-bond donors (Lipinski definition) is 1. The average molecular weight is 288 g/mol. The second-order valence-corrected chi connectivity index (χ2v) is 5.75. The number of halogens is 3. The Bertz CT molecular complexity index is 473. The van der Waals surface area contributed by atoms with E-state index >= 15 is 0 Å². The van der Waals surface area contributed by atoms with Crippen LogP contribution in [0.3, 0.4) is 0 Å². The minimum absolute atomic E-state index is 0.0225. The average Bonchev–Trinajstić information content (AvgIpc) is 3.10. The van der Waals surface area contributed by atoms with Crippen molar-refractivity contribution in [2.75, 3.05) is 13.1 Å². The molecule has 0 unspecified atom stereocenters. The molecule has 2 nitrogen and oxygen atoms in total. The Kier molecular flexibility index (Phi) is 3.63. The summed E-state index contributed by atoms with van der Waals surface area (Å²) >= 11 is 5.54. The van der Waals surface area contributed by atoms with Gasteiger partial charge in [-0.2, -0.15) is 4.39 Å². The van der Waals surface area contributed by atoms with Crippen LogP contribution in [-0.4, -0.2) is 19.2 Å². The molecule has 5 heteroatoms. The van der Waals surface area contributed by atoms with E-state index < -0.39 is 11.6 Å². The third-order valence-electron chi connectivity index (χ3n) is 3.91. The molecule has 1 heterocycles. The van der Waals surface area contributed by atoms with Crippen LogP contribution >= 0.6 is 11.6 Å². The third kappa shape index (κ3) is 2.70. The Balaban J connectivity index is 1.80. The first-order valence-electron chi connectivity index (χ1n) is 6.67. The summed E-state index contributed by atoms with van der Waals surface area (Å²) in [6, 6.07) is 2.75. The molecule has 19 heavy (non-hydrogen) atoms. The van der Waals surface area contributed by atoms with Crippen molar-refractivity contribution in [2.45, 2.75) is 25.4 Å². The van der Waals surface area contributed by atoms with Gasteiger partial charge < -0.3 is 10.1 Å². The Labute approximate surface area is 116 Å². The van der Waals surface area contributed by atoms with Gasteiger partial charge >= 0.3 is 0 Å². The standard InChI is InChI=1S/C14H16ClF2NO/c15-10-3-4-11(13(17)12(10)16)19-14(8-1-2-8)9-5-6-18-7-9/h3-4,8-9,14,18H,1-2,5-7H2/t9-,14-/m0/s1. The van der Waals surface area contributed by atoms with Gasteiger partial charge in [-0.1, -0.05) is 11.6 Å². The van der Waals surface area contributed by atoms with E-state index in [1.54, 1.807) is 0 Å². The van der Waals surface area contributed by atoms with Gasteiger partial charge in [0.05, 0.1) is 5.02 Å². The highest BCUT2D eigenvalue weighted by Crippen LogP contribution is 2.40. The number of ether oxygens (including phenoxy) is 1. The lowest BCUT2D eigenvalue weighted by Crippen LogP contribution is -2.31. The van der Waals surface area contributed by atoms with Gasteiger partial charge in [0.2, 0.25) is 5.82 Å². The zero-order valence-electron chi connectivity index (χ0n) is 10.5. The highest BCUT2D eigenvalue weighted by molar-refractivity contribution is 6.30. The fourth-order valence-electron chi connectivity index (χ4n) is 2.71. The lowest BCUT2D eigenvalue weighted by atomic mass is 9.97. The first-order chi connectivity index (χ1) is 9.16. The maximum absolute atomic E-state index is 13.8. The largest absolute Gasteiger partial charge is 0.487 e. The van der Waals surface area contributed by atoms with Gasteiger partial charge in [-0.25, -0.2) is 4.39 Å². The van der Waals surface area contributed by atoms with Crippen LogP contribution in [0.1, 0.15) is 19.3 Å². The molecular formula is C14H16ClF2NO. The first kappa shape index (κ1) is 13.1. The molecule has 1 aromatic carbocycles. The topological polar surface area (TPSA) is 21.3 Å². The molecule has 1 aromatic rings. The fourth-order valence-corrected chi connectivity index (χ4v) is 2.85. The molecule has 1 N–H and O–H groups in total. The molecule has 1 aliphatic heterocycles. The van der Waals surface area contributed by atoms with Crippen LogP contribution in [0, 0.1) is 23.5 Å². The Hall–Kier alpha value is -0.870. The predicted molar refractivity (Wildman–Crippen MR) is 69.5 cm³/mol. The van der Waals surface area contributed by atoms with Crippen molar-refractivity contribution < 1.29 is 13.5 Å². The summed E-state index contributed by atoms with van der Waals surface area (Å²) in [5.74, 6) is -1.18. The van der Waals surface area contributed by atoms with Crippen LogP contribution < -0.4 is 10.1 Å². The molecule has 0 amide bonds.